The van der Waals surface area contributed by atoms with Crippen LogP contribution < -0.4 is 20.1 Å². The molecule has 21 heavy (non-hydrogen) atoms. The standard InChI is InChI=1S/C14H14N4O3/c19-14(17-4-3-10-6-15-8-16-7-10)18-11-1-2-12-13(5-11)21-9-20-12/h1-2,5-8H,3-4,9H2,(H2,17,18,19). The average molecular weight is 286 g/mol. The van der Waals surface area contributed by atoms with E-state index in [-0.39, 0.29) is 12.8 Å². The number of ether oxygens (including phenoxy) is 2. The maximum absolute atomic E-state index is 11.8. The van der Waals surface area contributed by atoms with E-state index in [0.717, 1.165) is 5.56 Å². The van der Waals surface area contributed by atoms with Gasteiger partial charge in [0.05, 0.1) is 0 Å². The Labute approximate surface area is 121 Å². The van der Waals surface area contributed by atoms with Crippen LogP contribution in [0.15, 0.2) is 36.9 Å². The van der Waals surface area contributed by atoms with Gasteiger partial charge in [0.1, 0.15) is 6.33 Å². The van der Waals surface area contributed by atoms with Crippen LogP contribution >= 0.6 is 0 Å². The van der Waals surface area contributed by atoms with Gasteiger partial charge in [-0.05, 0) is 24.1 Å². The maximum Gasteiger partial charge on any atom is 0.319 e. The summed E-state index contributed by atoms with van der Waals surface area (Å²) in [5.74, 6) is 1.32. The van der Waals surface area contributed by atoms with Crippen LogP contribution in [0.3, 0.4) is 0 Å². The number of nitrogens with zero attached hydrogens (tertiary/aromatic N) is 2. The SMILES string of the molecule is O=C(NCCc1cncnc1)Nc1ccc2c(c1)OCO2. The number of urea groups is 1. The zero-order valence-electron chi connectivity index (χ0n) is 11.2. The number of hydrogen-bond donors (Lipinski definition) is 2. The topological polar surface area (TPSA) is 85.4 Å². The summed E-state index contributed by atoms with van der Waals surface area (Å²) in [5.41, 5.74) is 1.63. The zero-order chi connectivity index (χ0) is 14.5. The number of amides is 2. The summed E-state index contributed by atoms with van der Waals surface area (Å²) in [7, 11) is 0. The Morgan fingerprint density at radius 3 is 2.86 bits per heavy atom. The Hall–Kier alpha value is -2.83. The van der Waals surface area contributed by atoms with E-state index in [1.54, 1.807) is 30.6 Å². The molecule has 1 aromatic heterocycles. The van der Waals surface area contributed by atoms with Crippen molar-refractivity contribution in [2.24, 2.45) is 0 Å². The van der Waals surface area contributed by atoms with Crippen LogP contribution in [0.4, 0.5) is 10.5 Å². The van der Waals surface area contributed by atoms with Gasteiger partial charge < -0.3 is 20.1 Å². The van der Waals surface area contributed by atoms with Crippen LogP contribution in [0, 0.1) is 0 Å². The molecule has 3 rings (SSSR count). The van der Waals surface area contributed by atoms with E-state index >= 15 is 0 Å². The molecule has 2 aromatic rings. The van der Waals surface area contributed by atoms with Crippen molar-refractivity contribution >= 4 is 11.7 Å². The Bertz CT molecular complexity index is 633. The van der Waals surface area contributed by atoms with E-state index < -0.39 is 0 Å². The highest BCUT2D eigenvalue weighted by molar-refractivity contribution is 5.89. The number of carbonyl (C=O) groups is 1. The first kappa shape index (κ1) is 13.2. The average Bonchev–Trinajstić information content (AvgIpc) is 2.96. The highest BCUT2D eigenvalue weighted by atomic mass is 16.7. The molecule has 0 saturated carbocycles. The van der Waals surface area contributed by atoms with E-state index in [0.29, 0.717) is 30.2 Å². The quantitative estimate of drug-likeness (QED) is 0.891. The number of carbonyl (C=O) groups excluding carboxylic acids is 1. The number of anilines is 1. The molecule has 0 radical (unpaired) electrons. The molecule has 0 atom stereocenters. The smallest absolute Gasteiger partial charge is 0.319 e. The third-order valence-corrected chi connectivity index (χ3v) is 2.94. The monoisotopic (exact) mass is 286 g/mol. The van der Waals surface area contributed by atoms with Crippen molar-refractivity contribution in [2.75, 3.05) is 18.7 Å². The molecule has 2 amide bonds. The van der Waals surface area contributed by atoms with Crippen LogP contribution in [0.5, 0.6) is 11.5 Å². The molecule has 1 aliphatic rings. The second kappa shape index (κ2) is 6.08. The fraction of sp³-hybridized carbons (Fsp3) is 0.214. The summed E-state index contributed by atoms with van der Waals surface area (Å²) < 4.78 is 10.5. The van der Waals surface area contributed by atoms with Gasteiger partial charge in [-0.15, -0.1) is 0 Å². The van der Waals surface area contributed by atoms with Crippen molar-refractivity contribution in [1.82, 2.24) is 15.3 Å². The van der Waals surface area contributed by atoms with Crippen LogP contribution in [0.25, 0.3) is 0 Å². The molecule has 0 fully saturated rings. The van der Waals surface area contributed by atoms with Crippen LogP contribution in [-0.2, 0) is 6.42 Å². The van der Waals surface area contributed by atoms with E-state index in [4.69, 9.17) is 9.47 Å². The van der Waals surface area contributed by atoms with Crippen molar-refractivity contribution in [2.45, 2.75) is 6.42 Å². The highest BCUT2D eigenvalue weighted by Gasteiger charge is 2.13. The van der Waals surface area contributed by atoms with Crippen molar-refractivity contribution in [1.29, 1.82) is 0 Å². The molecule has 0 unspecified atom stereocenters. The maximum atomic E-state index is 11.8. The molecule has 108 valence electrons. The molecular formula is C14H14N4O3. The summed E-state index contributed by atoms with van der Waals surface area (Å²) in [6.45, 7) is 0.716. The van der Waals surface area contributed by atoms with E-state index in [1.165, 1.54) is 6.33 Å². The molecule has 7 heteroatoms. The molecule has 1 aliphatic heterocycles. The minimum absolute atomic E-state index is 0.212. The molecule has 1 aromatic carbocycles. The predicted octanol–water partition coefficient (Wildman–Crippen LogP) is 1.57. The van der Waals surface area contributed by atoms with Gasteiger partial charge in [0.15, 0.2) is 11.5 Å². The van der Waals surface area contributed by atoms with Crippen LogP contribution in [0.1, 0.15) is 5.56 Å². The number of benzene rings is 1. The van der Waals surface area contributed by atoms with Gasteiger partial charge in [-0.3, -0.25) is 0 Å². The minimum atomic E-state index is -0.272. The number of nitrogens with one attached hydrogen (secondary N) is 2. The second-order valence-electron chi connectivity index (χ2n) is 4.45. The first-order chi connectivity index (χ1) is 10.3. The van der Waals surface area contributed by atoms with E-state index in [9.17, 15) is 4.79 Å². The van der Waals surface area contributed by atoms with Gasteiger partial charge >= 0.3 is 6.03 Å². The predicted molar refractivity (Wildman–Crippen MR) is 75.3 cm³/mol. The lowest BCUT2D eigenvalue weighted by Crippen LogP contribution is -2.30. The molecule has 2 N–H and O–H groups in total. The fourth-order valence-corrected chi connectivity index (χ4v) is 1.93. The molecule has 7 nitrogen and oxygen atoms in total. The molecule has 2 heterocycles. The normalized spacial score (nSPS) is 12.0. The minimum Gasteiger partial charge on any atom is -0.454 e. The van der Waals surface area contributed by atoms with Gasteiger partial charge in [-0.1, -0.05) is 0 Å². The Balaban J connectivity index is 1.48. The number of fused-ring (bicyclic) bond motifs is 1. The van der Waals surface area contributed by atoms with Crippen molar-refractivity contribution in [3.8, 4) is 11.5 Å². The van der Waals surface area contributed by atoms with Gasteiger partial charge in [-0.2, -0.15) is 0 Å². The molecule has 0 spiro atoms. The Morgan fingerprint density at radius 2 is 2.00 bits per heavy atom. The lowest BCUT2D eigenvalue weighted by Gasteiger charge is -2.08. The zero-order valence-corrected chi connectivity index (χ0v) is 11.2. The summed E-state index contributed by atoms with van der Waals surface area (Å²) in [4.78, 5) is 19.6. The van der Waals surface area contributed by atoms with Crippen LogP contribution in [0.2, 0.25) is 0 Å². The first-order valence-corrected chi connectivity index (χ1v) is 6.50. The summed E-state index contributed by atoms with van der Waals surface area (Å²) in [6.07, 6.45) is 5.60. The van der Waals surface area contributed by atoms with Gasteiger partial charge in [-0.25, -0.2) is 14.8 Å². The fourth-order valence-electron chi connectivity index (χ4n) is 1.93. The molecule has 0 saturated heterocycles. The Kier molecular flexibility index (Phi) is 3.81. The third-order valence-electron chi connectivity index (χ3n) is 2.94. The van der Waals surface area contributed by atoms with Gasteiger partial charge in [0.2, 0.25) is 6.79 Å². The molecule has 0 aliphatic carbocycles. The van der Waals surface area contributed by atoms with Crippen molar-refractivity contribution in [3.05, 3.63) is 42.5 Å². The lowest BCUT2D eigenvalue weighted by molar-refractivity contribution is 0.174. The highest BCUT2D eigenvalue weighted by Crippen LogP contribution is 2.34. The second-order valence-corrected chi connectivity index (χ2v) is 4.45. The summed E-state index contributed by atoms with van der Waals surface area (Å²) >= 11 is 0. The number of hydrogen-bond acceptors (Lipinski definition) is 5. The van der Waals surface area contributed by atoms with E-state index in [1.807, 2.05) is 0 Å². The molecule has 0 bridgehead atoms. The summed E-state index contributed by atoms with van der Waals surface area (Å²) in [6, 6.07) is 4.98. The van der Waals surface area contributed by atoms with E-state index in [2.05, 4.69) is 20.6 Å². The summed E-state index contributed by atoms with van der Waals surface area (Å²) in [5, 5.41) is 5.51. The largest absolute Gasteiger partial charge is 0.454 e. The van der Waals surface area contributed by atoms with Gasteiger partial charge in [0, 0.05) is 30.7 Å². The first-order valence-electron chi connectivity index (χ1n) is 6.50. The van der Waals surface area contributed by atoms with Crippen molar-refractivity contribution < 1.29 is 14.3 Å². The number of aromatic nitrogens is 2. The third kappa shape index (κ3) is 3.38. The molecular weight excluding hydrogens is 272 g/mol. The van der Waals surface area contributed by atoms with Crippen molar-refractivity contribution in [3.63, 3.8) is 0 Å². The number of rotatable bonds is 4. The Morgan fingerprint density at radius 1 is 1.19 bits per heavy atom. The van der Waals surface area contributed by atoms with Gasteiger partial charge in [0.25, 0.3) is 0 Å². The lowest BCUT2D eigenvalue weighted by atomic mass is 10.2. The van der Waals surface area contributed by atoms with Crippen LogP contribution in [-0.4, -0.2) is 29.3 Å².